The second-order valence-electron chi connectivity index (χ2n) is 5.36. The normalized spacial score (nSPS) is 10.8. The minimum atomic E-state index is 0.319. The van der Waals surface area contributed by atoms with Gasteiger partial charge >= 0.3 is 0 Å². The topological polar surface area (TPSA) is 64.6 Å². The van der Waals surface area contributed by atoms with Gasteiger partial charge in [0.25, 0.3) is 0 Å². The predicted octanol–water partition coefficient (Wildman–Crippen LogP) is 1.70. The van der Waals surface area contributed by atoms with Crippen molar-refractivity contribution in [3.05, 3.63) is 12.7 Å². The van der Waals surface area contributed by atoms with Gasteiger partial charge in [0.1, 0.15) is 6.61 Å². The Hall–Kier alpha value is -0.980. The molecule has 158 valence electrons. The van der Waals surface area contributed by atoms with Gasteiger partial charge in [-0.25, -0.2) is 0 Å². The predicted molar refractivity (Wildman–Crippen MR) is 104 cm³/mol. The lowest BCUT2D eigenvalue weighted by Crippen LogP contribution is -2.14. The summed E-state index contributed by atoms with van der Waals surface area (Å²) >= 11 is 0. The molecule has 0 bridgehead atoms. The fourth-order valence-corrected chi connectivity index (χ4v) is 1.78. The minimum absolute atomic E-state index is 0.319. The highest BCUT2D eigenvalue weighted by atomic mass is 16.6. The van der Waals surface area contributed by atoms with Crippen LogP contribution in [0.5, 0.6) is 0 Å². The zero-order chi connectivity index (χ0) is 19.7. The van der Waals surface area contributed by atoms with Crippen molar-refractivity contribution < 1.29 is 33.2 Å². The van der Waals surface area contributed by atoms with Crippen molar-refractivity contribution in [1.29, 1.82) is 0 Å². The zero-order valence-electron chi connectivity index (χ0n) is 16.5. The molecule has 0 aliphatic heterocycles. The number of rotatable bonds is 23. The van der Waals surface area contributed by atoms with Crippen LogP contribution in [0.1, 0.15) is 12.8 Å². The van der Waals surface area contributed by atoms with E-state index in [0.29, 0.717) is 85.9 Å². The van der Waals surface area contributed by atoms with Crippen LogP contribution < -0.4 is 0 Å². The van der Waals surface area contributed by atoms with Crippen molar-refractivity contribution in [1.82, 2.24) is 0 Å². The van der Waals surface area contributed by atoms with Gasteiger partial charge in [0, 0.05) is 6.61 Å². The summed E-state index contributed by atoms with van der Waals surface area (Å²) in [5, 5.41) is 0. The Morgan fingerprint density at radius 1 is 0.556 bits per heavy atom. The van der Waals surface area contributed by atoms with Crippen LogP contribution in [0, 0.1) is 12.3 Å². The van der Waals surface area contributed by atoms with E-state index in [1.807, 2.05) is 6.08 Å². The fourth-order valence-electron chi connectivity index (χ4n) is 1.78. The van der Waals surface area contributed by atoms with Gasteiger partial charge in [-0.2, -0.15) is 0 Å². The van der Waals surface area contributed by atoms with Crippen LogP contribution in [0.4, 0.5) is 0 Å². The zero-order valence-corrected chi connectivity index (χ0v) is 16.5. The lowest BCUT2D eigenvalue weighted by atomic mass is 10.3. The molecule has 0 aliphatic carbocycles. The molecule has 0 amide bonds. The lowest BCUT2D eigenvalue weighted by Gasteiger charge is -2.08. The summed E-state index contributed by atoms with van der Waals surface area (Å²) in [7, 11) is 0. The third-order valence-electron chi connectivity index (χ3n) is 3.11. The van der Waals surface area contributed by atoms with E-state index in [9.17, 15) is 0 Å². The first kappa shape index (κ1) is 26.0. The van der Waals surface area contributed by atoms with E-state index >= 15 is 0 Å². The Labute approximate surface area is 164 Å². The molecule has 0 unspecified atom stereocenters. The van der Waals surface area contributed by atoms with Crippen LogP contribution in [0.2, 0.25) is 0 Å². The smallest absolute Gasteiger partial charge is 0.107 e. The monoisotopic (exact) mass is 388 g/mol. The van der Waals surface area contributed by atoms with Gasteiger partial charge in [0.2, 0.25) is 0 Å². The average Bonchev–Trinajstić information content (AvgIpc) is 2.68. The number of unbranched alkanes of at least 4 members (excludes halogenated alkanes) is 1. The first-order valence-corrected chi connectivity index (χ1v) is 9.50. The van der Waals surface area contributed by atoms with E-state index in [2.05, 4.69) is 12.5 Å². The molecule has 0 aromatic rings. The summed E-state index contributed by atoms with van der Waals surface area (Å²) in [6.07, 6.45) is 8.94. The van der Waals surface area contributed by atoms with Gasteiger partial charge in [-0.3, -0.25) is 0 Å². The van der Waals surface area contributed by atoms with E-state index in [0.717, 1.165) is 19.4 Å². The second kappa shape index (κ2) is 25.0. The van der Waals surface area contributed by atoms with Crippen LogP contribution in [0.15, 0.2) is 12.7 Å². The standard InChI is InChI=1S/C20H36O7/c1-3-5-6-8-22-10-12-24-14-16-26-18-20-27-19-17-25-15-13-23-11-9-21-7-4-2/h2-3H,1,5-20H2. The van der Waals surface area contributed by atoms with Crippen molar-refractivity contribution in [3.63, 3.8) is 0 Å². The van der Waals surface area contributed by atoms with Gasteiger partial charge in [0.15, 0.2) is 0 Å². The van der Waals surface area contributed by atoms with Crippen molar-refractivity contribution in [2.75, 3.05) is 92.5 Å². The molecule has 0 saturated carbocycles. The summed E-state index contributed by atoms with van der Waals surface area (Å²) < 4.78 is 37.4. The van der Waals surface area contributed by atoms with Crippen molar-refractivity contribution >= 4 is 0 Å². The number of hydrogen-bond acceptors (Lipinski definition) is 7. The van der Waals surface area contributed by atoms with E-state index < -0.39 is 0 Å². The van der Waals surface area contributed by atoms with Crippen molar-refractivity contribution in [2.24, 2.45) is 0 Å². The highest BCUT2D eigenvalue weighted by molar-refractivity contribution is 4.82. The molecule has 0 radical (unpaired) electrons. The van der Waals surface area contributed by atoms with Crippen LogP contribution in [0.3, 0.4) is 0 Å². The molecule has 27 heavy (non-hydrogen) atoms. The third kappa shape index (κ3) is 25.0. The van der Waals surface area contributed by atoms with E-state index in [1.165, 1.54) is 0 Å². The maximum Gasteiger partial charge on any atom is 0.107 e. The molecule has 0 aliphatic rings. The summed E-state index contributed by atoms with van der Waals surface area (Å²) in [4.78, 5) is 0. The largest absolute Gasteiger partial charge is 0.379 e. The first-order chi connectivity index (χ1) is 13.4. The number of hydrogen-bond donors (Lipinski definition) is 0. The number of ether oxygens (including phenoxy) is 7. The van der Waals surface area contributed by atoms with E-state index in [-0.39, 0.29) is 0 Å². The molecule has 0 fully saturated rings. The average molecular weight is 389 g/mol. The molecular weight excluding hydrogens is 352 g/mol. The third-order valence-corrected chi connectivity index (χ3v) is 3.11. The summed E-state index contributed by atoms with van der Waals surface area (Å²) in [6.45, 7) is 11.3. The van der Waals surface area contributed by atoms with Crippen molar-refractivity contribution in [2.45, 2.75) is 12.8 Å². The molecular formula is C20H36O7. The Balaban J connectivity index is 2.97. The number of allylic oxidation sites excluding steroid dienone is 1. The highest BCUT2D eigenvalue weighted by Crippen LogP contribution is 1.90. The van der Waals surface area contributed by atoms with Gasteiger partial charge < -0.3 is 33.2 Å². The Bertz CT molecular complexity index is 331. The minimum Gasteiger partial charge on any atom is -0.379 e. The maximum absolute atomic E-state index is 5.41. The quantitative estimate of drug-likeness (QED) is 0.150. The molecule has 0 spiro atoms. The Morgan fingerprint density at radius 3 is 1.22 bits per heavy atom. The molecule has 0 aromatic carbocycles. The number of terminal acetylenes is 1. The maximum atomic E-state index is 5.41. The van der Waals surface area contributed by atoms with Crippen molar-refractivity contribution in [3.8, 4) is 12.3 Å². The molecule has 0 aromatic heterocycles. The molecule has 0 atom stereocenters. The molecule has 0 rings (SSSR count). The van der Waals surface area contributed by atoms with Gasteiger partial charge in [-0.05, 0) is 12.8 Å². The summed E-state index contributed by atoms with van der Waals surface area (Å²) in [6, 6.07) is 0. The van der Waals surface area contributed by atoms with Gasteiger partial charge in [-0.1, -0.05) is 12.0 Å². The van der Waals surface area contributed by atoms with E-state index in [1.54, 1.807) is 0 Å². The van der Waals surface area contributed by atoms with Crippen LogP contribution in [-0.2, 0) is 33.2 Å². The second-order valence-corrected chi connectivity index (χ2v) is 5.36. The van der Waals surface area contributed by atoms with Gasteiger partial charge in [-0.15, -0.1) is 13.0 Å². The van der Waals surface area contributed by atoms with E-state index in [4.69, 9.17) is 39.6 Å². The fraction of sp³-hybridized carbons (Fsp3) is 0.800. The Kier molecular flexibility index (Phi) is 24.1. The molecule has 0 saturated heterocycles. The summed E-state index contributed by atoms with van der Waals surface area (Å²) in [5.74, 6) is 2.39. The molecule has 7 heteroatoms. The molecule has 0 heterocycles. The summed E-state index contributed by atoms with van der Waals surface area (Å²) in [5.41, 5.74) is 0. The molecule has 7 nitrogen and oxygen atoms in total. The van der Waals surface area contributed by atoms with Gasteiger partial charge in [0.05, 0.1) is 79.3 Å². The molecule has 0 N–H and O–H groups in total. The van der Waals surface area contributed by atoms with Crippen LogP contribution >= 0.6 is 0 Å². The Morgan fingerprint density at radius 2 is 0.889 bits per heavy atom. The first-order valence-electron chi connectivity index (χ1n) is 9.50. The lowest BCUT2D eigenvalue weighted by molar-refractivity contribution is -0.0197. The SMILES string of the molecule is C#CCOCCOCCOCCOCCOCCOCCOCCCC=C. The highest BCUT2D eigenvalue weighted by Gasteiger charge is 1.94. The van der Waals surface area contributed by atoms with Crippen LogP contribution in [0.25, 0.3) is 0 Å². The van der Waals surface area contributed by atoms with Crippen LogP contribution in [-0.4, -0.2) is 92.5 Å².